The molecule has 2 heterocycles. The van der Waals surface area contributed by atoms with Crippen LogP contribution in [0, 0.1) is 0 Å². The van der Waals surface area contributed by atoms with Gasteiger partial charge in [-0.1, -0.05) is 0 Å². The van der Waals surface area contributed by atoms with Crippen LogP contribution in [-0.2, 0) is 18.9 Å². The average Bonchev–Trinajstić information content (AvgIpc) is 2.58. The van der Waals surface area contributed by atoms with E-state index in [0.717, 1.165) is 0 Å². The molecule has 0 aromatic rings. The number of aliphatic hydroxyl groups excluding tert-OH is 7. The van der Waals surface area contributed by atoms with Gasteiger partial charge in [0.2, 0.25) is 0 Å². The quantitative estimate of drug-likeness (QED) is 0.251. The minimum absolute atomic E-state index is 0.608. The first-order chi connectivity index (χ1) is 11.3. The summed E-state index contributed by atoms with van der Waals surface area (Å²) in [7, 11) is 1.23. The lowest BCUT2D eigenvalue weighted by Gasteiger charge is -2.46. The Morgan fingerprint density at radius 3 is 1.88 bits per heavy atom. The Hall–Kier alpha value is -0.440. The molecule has 11 heteroatoms. The zero-order valence-electron chi connectivity index (χ0n) is 13.0. The molecular weight excluding hydrogens is 332 g/mol. The molecule has 0 saturated carbocycles. The van der Waals surface area contributed by atoms with E-state index in [1.807, 2.05) is 0 Å². The summed E-state index contributed by atoms with van der Waals surface area (Å²) in [6, 6.07) is 0. The predicted molar refractivity (Wildman–Crippen MR) is 73.4 cm³/mol. The molecule has 7 N–H and O–H groups in total. The van der Waals surface area contributed by atoms with Gasteiger partial charge < -0.3 is 54.7 Å². The second-order valence-corrected chi connectivity index (χ2v) is 5.74. The molecule has 24 heavy (non-hydrogen) atoms. The van der Waals surface area contributed by atoms with Crippen LogP contribution in [0.15, 0.2) is 0 Å². The van der Waals surface area contributed by atoms with E-state index in [1.165, 1.54) is 7.11 Å². The van der Waals surface area contributed by atoms with Crippen LogP contribution in [0.1, 0.15) is 0 Å². The third-order valence-electron chi connectivity index (χ3n) is 4.23. The Labute approximate surface area is 137 Å². The van der Waals surface area contributed by atoms with Crippen molar-refractivity contribution in [1.82, 2.24) is 0 Å². The molecule has 0 aromatic heterocycles. The summed E-state index contributed by atoms with van der Waals surface area (Å²) in [4.78, 5) is 0. The van der Waals surface area contributed by atoms with Crippen LogP contribution < -0.4 is 0 Å². The van der Waals surface area contributed by atoms with Gasteiger partial charge in [-0.2, -0.15) is 0 Å². The van der Waals surface area contributed by atoms with Gasteiger partial charge in [0, 0.05) is 7.11 Å². The second-order valence-electron chi connectivity index (χ2n) is 5.74. The number of hydrogen-bond acceptors (Lipinski definition) is 11. The Morgan fingerprint density at radius 1 is 0.750 bits per heavy atom. The van der Waals surface area contributed by atoms with E-state index in [9.17, 15) is 35.7 Å². The van der Waals surface area contributed by atoms with Gasteiger partial charge in [0.05, 0.1) is 13.2 Å². The molecule has 1 unspecified atom stereocenters. The molecule has 2 saturated heterocycles. The number of aliphatic hydroxyl groups is 7. The molecule has 2 fully saturated rings. The topological polar surface area (TPSA) is 179 Å². The minimum Gasteiger partial charge on any atom is -0.394 e. The molecule has 2 aliphatic heterocycles. The Kier molecular flexibility index (Phi) is 6.87. The van der Waals surface area contributed by atoms with E-state index >= 15 is 0 Å². The molecule has 0 aromatic carbocycles. The lowest BCUT2D eigenvalue weighted by atomic mass is 9.97. The summed E-state index contributed by atoms with van der Waals surface area (Å²) in [6.07, 6.45) is -14.1. The van der Waals surface area contributed by atoms with E-state index in [1.54, 1.807) is 0 Å². The lowest BCUT2D eigenvalue weighted by molar-refractivity contribution is -0.357. The molecule has 0 amide bonds. The van der Waals surface area contributed by atoms with E-state index in [0.29, 0.717) is 0 Å². The standard InChI is InChI=1S/C13H24O11/c1-21-11-7(17)6(16)4(2-14)23-13(11)24-10-5(3-15)22-12(20)9(19)8(10)18/h4-20H,2-3H2,1H3/t4-,5-,6+,7+,8-,9-,10-,11-,12?,13+/m1/s1. The van der Waals surface area contributed by atoms with Crippen LogP contribution in [0.2, 0.25) is 0 Å². The Morgan fingerprint density at radius 2 is 1.33 bits per heavy atom. The van der Waals surface area contributed by atoms with Crippen molar-refractivity contribution in [2.45, 2.75) is 61.4 Å². The summed E-state index contributed by atoms with van der Waals surface area (Å²) in [6.45, 7) is -1.24. The van der Waals surface area contributed by atoms with Crippen molar-refractivity contribution in [3.05, 3.63) is 0 Å². The van der Waals surface area contributed by atoms with Gasteiger partial charge in [-0.25, -0.2) is 0 Å². The first-order valence-electron chi connectivity index (χ1n) is 7.46. The molecule has 0 aliphatic carbocycles. The average molecular weight is 356 g/mol. The summed E-state index contributed by atoms with van der Waals surface area (Å²) in [5.41, 5.74) is 0. The molecule has 10 atom stereocenters. The fourth-order valence-electron chi connectivity index (χ4n) is 2.81. The van der Waals surface area contributed by atoms with E-state index in [-0.39, 0.29) is 0 Å². The SMILES string of the molecule is CO[C@H]1[C@H](O[C@H]2[C@H](O)[C@@H](O)C(O)O[C@@H]2CO)O[C@H](CO)[C@H](O)[C@@H]1O. The predicted octanol–water partition coefficient (Wildman–Crippen LogP) is -4.74. The van der Waals surface area contributed by atoms with Gasteiger partial charge in [-0.15, -0.1) is 0 Å². The normalized spacial score (nSPS) is 50.0. The van der Waals surface area contributed by atoms with Crippen molar-refractivity contribution in [2.24, 2.45) is 0 Å². The fourth-order valence-corrected chi connectivity index (χ4v) is 2.81. The van der Waals surface area contributed by atoms with Crippen molar-refractivity contribution >= 4 is 0 Å². The van der Waals surface area contributed by atoms with Crippen LogP contribution in [0.3, 0.4) is 0 Å². The molecule has 0 bridgehead atoms. The number of ether oxygens (including phenoxy) is 4. The van der Waals surface area contributed by atoms with E-state index < -0.39 is 74.6 Å². The maximum atomic E-state index is 10.1. The molecule has 2 aliphatic rings. The highest BCUT2D eigenvalue weighted by Crippen LogP contribution is 2.29. The Bertz CT molecular complexity index is 394. The molecule has 0 spiro atoms. The minimum atomic E-state index is -1.71. The first kappa shape index (κ1) is 19.9. The van der Waals surface area contributed by atoms with Crippen LogP contribution in [0.25, 0.3) is 0 Å². The zero-order chi connectivity index (χ0) is 18.0. The van der Waals surface area contributed by atoms with Crippen molar-refractivity contribution in [3.63, 3.8) is 0 Å². The summed E-state index contributed by atoms with van der Waals surface area (Å²) >= 11 is 0. The third-order valence-corrected chi connectivity index (χ3v) is 4.23. The number of methoxy groups -OCH3 is 1. The number of hydrogen-bond donors (Lipinski definition) is 7. The Balaban J connectivity index is 2.16. The maximum Gasteiger partial charge on any atom is 0.187 e. The third kappa shape index (κ3) is 3.71. The summed E-state index contributed by atoms with van der Waals surface area (Å²) in [5.74, 6) is 0. The maximum absolute atomic E-state index is 10.1. The highest BCUT2D eigenvalue weighted by atomic mass is 16.7. The molecule has 11 nitrogen and oxygen atoms in total. The van der Waals surface area contributed by atoms with Crippen LogP contribution in [0.5, 0.6) is 0 Å². The van der Waals surface area contributed by atoms with Crippen LogP contribution in [0.4, 0.5) is 0 Å². The van der Waals surface area contributed by atoms with Crippen molar-refractivity contribution in [3.8, 4) is 0 Å². The van der Waals surface area contributed by atoms with Gasteiger partial charge in [-0.3, -0.25) is 0 Å². The molecule has 142 valence electrons. The van der Waals surface area contributed by atoms with Gasteiger partial charge in [0.1, 0.15) is 48.8 Å². The fraction of sp³-hybridized carbons (Fsp3) is 1.00. The van der Waals surface area contributed by atoms with Gasteiger partial charge in [0.25, 0.3) is 0 Å². The summed E-state index contributed by atoms with van der Waals surface area (Å²) < 4.78 is 20.8. The largest absolute Gasteiger partial charge is 0.394 e. The zero-order valence-corrected chi connectivity index (χ0v) is 13.0. The van der Waals surface area contributed by atoms with Gasteiger partial charge >= 0.3 is 0 Å². The lowest BCUT2D eigenvalue weighted by Crippen LogP contribution is -2.64. The van der Waals surface area contributed by atoms with Crippen molar-refractivity contribution in [2.75, 3.05) is 20.3 Å². The van der Waals surface area contributed by atoms with Crippen molar-refractivity contribution < 1.29 is 54.7 Å². The highest BCUT2D eigenvalue weighted by molar-refractivity contribution is 4.94. The highest BCUT2D eigenvalue weighted by Gasteiger charge is 2.50. The smallest absolute Gasteiger partial charge is 0.187 e. The van der Waals surface area contributed by atoms with Gasteiger partial charge in [0.15, 0.2) is 12.6 Å². The van der Waals surface area contributed by atoms with Crippen LogP contribution >= 0.6 is 0 Å². The molecule has 2 rings (SSSR count). The van der Waals surface area contributed by atoms with Crippen molar-refractivity contribution in [1.29, 1.82) is 0 Å². The number of rotatable bonds is 5. The van der Waals surface area contributed by atoms with E-state index in [2.05, 4.69) is 0 Å². The second kappa shape index (κ2) is 8.29. The monoisotopic (exact) mass is 356 g/mol. The van der Waals surface area contributed by atoms with Crippen LogP contribution in [-0.4, -0.2) is 117 Å². The molecular formula is C13H24O11. The molecule has 0 radical (unpaired) electrons. The summed E-state index contributed by atoms with van der Waals surface area (Å²) in [5, 5.41) is 67.6. The van der Waals surface area contributed by atoms with Gasteiger partial charge in [-0.05, 0) is 0 Å². The first-order valence-corrected chi connectivity index (χ1v) is 7.46. The van der Waals surface area contributed by atoms with E-state index in [4.69, 9.17) is 18.9 Å².